The van der Waals surface area contributed by atoms with Crippen LogP contribution >= 0.6 is 0 Å². The van der Waals surface area contributed by atoms with E-state index in [1.54, 1.807) is 0 Å². The van der Waals surface area contributed by atoms with E-state index in [2.05, 4.69) is 35.5 Å². The average Bonchev–Trinajstić information content (AvgIpc) is 2.98. The Morgan fingerprint density at radius 2 is 2.04 bits per heavy atom. The summed E-state index contributed by atoms with van der Waals surface area (Å²) >= 11 is 0. The number of aryl methyl sites for hydroxylation is 2. The summed E-state index contributed by atoms with van der Waals surface area (Å²) in [7, 11) is 0. The molecule has 0 spiro atoms. The third kappa shape index (κ3) is 2.65. The van der Waals surface area contributed by atoms with Crippen molar-refractivity contribution in [2.24, 2.45) is 0 Å². The minimum absolute atomic E-state index is 0.372. The summed E-state index contributed by atoms with van der Waals surface area (Å²) in [6, 6.07) is 8.08. The number of nitrogens with zero attached hydrogens (tertiary/aromatic N) is 6. The molecule has 3 aromatic heterocycles. The fourth-order valence-corrected chi connectivity index (χ4v) is 3.39. The van der Waals surface area contributed by atoms with Crippen LogP contribution in [-0.4, -0.2) is 37.7 Å². The Balaban J connectivity index is 1.64. The highest BCUT2D eigenvalue weighted by atomic mass is 15.3. The minimum Gasteiger partial charge on any atom is -0.356 e. The average molecular weight is 308 g/mol. The highest BCUT2D eigenvalue weighted by Crippen LogP contribution is 2.28. The summed E-state index contributed by atoms with van der Waals surface area (Å²) in [5, 5.41) is 8.72. The maximum absolute atomic E-state index is 4.61. The van der Waals surface area contributed by atoms with Crippen LogP contribution in [0.1, 0.15) is 36.1 Å². The fraction of sp³-hybridized carbons (Fsp3) is 0.412. The van der Waals surface area contributed by atoms with Crippen LogP contribution in [-0.2, 0) is 0 Å². The number of piperidine rings is 1. The summed E-state index contributed by atoms with van der Waals surface area (Å²) in [5.74, 6) is 3.27. The first kappa shape index (κ1) is 14.1. The van der Waals surface area contributed by atoms with Gasteiger partial charge in [0.2, 0.25) is 0 Å². The predicted molar refractivity (Wildman–Crippen MR) is 88.7 cm³/mol. The van der Waals surface area contributed by atoms with Gasteiger partial charge in [-0.25, -0.2) is 9.97 Å². The SMILES string of the molecule is Cc1cc(N2CCC[C@H](c3nnc4ccccn34)C2)nc(C)n1. The zero-order valence-corrected chi connectivity index (χ0v) is 13.5. The van der Waals surface area contributed by atoms with Gasteiger partial charge in [0.25, 0.3) is 0 Å². The summed E-state index contributed by atoms with van der Waals surface area (Å²) in [5.41, 5.74) is 1.93. The molecule has 6 nitrogen and oxygen atoms in total. The molecule has 0 amide bonds. The van der Waals surface area contributed by atoms with Crippen molar-refractivity contribution in [3.05, 3.63) is 47.8 Å². The molecule has 23 heavy (non-hydrogen) atoms. The van der Waals surface area contributed by atoms with Gasteiger partial charge in [0.1, 0.15) is 17.5 Å². The maximum Gasteiger partial charge on any atom is 0.160 e. The molecule has 4 heterocycles. The van der Waals surface area contributed by atoms with Crippen LogP contribution in [0.25, 0.3) is 5.65 Å². The second kappa shape index (κ2) is 5.61. The van der Waals surface area contributed by atoms with Crippen LogP contribution in [0.5, 0.6) is 0 Å². The van der Waals surface area contributed by atoms with E-state index in [1.165, 1.54) is 0 Å². The van der Waals surface area contributed by atoms with Crippen molar-refractivity contribution >= 4 is 11.5 Å². The van der Waals surface area contributed by atoms with E-state index in [9.17, 15) is 0 Å². The molecule has 6 heteroatoms. The molecule has 1 saturated heterocycles. The highest BCUT2D eigenvalue weighted by Gasteiger charge is 2.26. The van der Waals surface area contributed by atoms with E-state index in [0.717, 1.165) is 54.7 Å². The number of rotatable bonds is 2. The highest BCUT2D eigenvalue weighted by molar-refractivity contribution is 5.42. The maximum atomic E-state index is 4.61. The quantitative estimate of drug-likeness (QED) is 0.728. The van der Waals surface area contributed by atoms with Crippen LogP contribution in [0.4, 0.5) is 5.82 Å². The third-order valence-corrected chi connectivity index (χ3v) is 4.40. The normalized spacial score (nSPS) is 18.5. The molecule has 0 bridgehead atoms. The summed E-state index contributed by atoms with van der Waals surface area (Å²) in [4.78, 5) is 11.3. The lowest BCUT2D eigenvalue weighted by Crippen LogP contribution is -2.35. The van der Waals surface area contributed by atoms with Gasteiger partial charge in [-0.2, -0.15) is 0 Å². The van der Waals surface area contributed by atoms with Crippen molar-refractivity contribution in [2.75, 3.05) is 18.0 Å². The third-order valence-electron chi connectivity index (χ3n) is 4.40. The van der Waals surface area contributed by atoms with Gasteiger partial charge in [0.05, 0.1) is 0 Å². The van der Waals surface area contributed by atoms with Gasteiger partial charge in [-0.1, -0.05) is 6.07 Å². The monoisotopic (exact) mass is 308 g/mol. The molecule has 3 aromatic rings. The van der Waals surface area contributed by atoms with Crippen LogP contribution in [0.2, 0.25) is 0 Å². The van der Waals surface area contributed by atoms with Crippen LogP contribution in [0.3, 0.4) is 0 Å². The van der Waals surface area contributed by atoms with Gasteiger partial charge in [-0.15, -0.1) is 10.2 Å². The van der Waals surface area contributed by atoms with Crippen molar-refractivity contribution in [3.63, 3.8) is 0 Å². The van der Waals surface area contributed by atoms with Crippen molar-refractivity contribution < 1.29 is 0 Å². The molecule has 0 aliphatic carbocycles. The molecule has 0 aromatic carbocycles. The molecule has 1 aliphatic heterocycles. The number of anilines is 1. The molecule has 0 unspecified atom stereocenters. The van der Waals surface area contributed by atoms with Gasteiger partial charge in [-0.05, 0) is 38.8 Å². The first-order valence-corrected chi connectivity index (χ1v) is 8.07. The van der Waals surface area contributed by atoms with E-state index >= 15 is 0 Å². The summed E-state index contributed by atoms with van der Waals surface area (Å²) in [6.45, 7) is 5.92. The Morgan fingerprint density at radius 1 is 1.13 bits per heavy atom. The van der Waals surface area contributed by atoms with Gasteiger partial charge in [0.15, 0.2) is 5.65 Å². The second-order valence-electron chi connectivity index (χ2n) is 6.19. The topological polar surface area (TPSA) is 59.2 Å². The van der Waals surface area contributed by atoms with Crippen molar-refractivity contribution in [2.45, 2.75) is 32.6 Å². The molecule has 0 N–H and O–H groups in total. The van der Waals surface area contributed by atoms with E-state index in [1.807, 2.05) is 38.2 Å². The van der Waals surface area contributed by atoms with E-state index in [-0.39, 0.29) is 0 Å². The van der Waals surface area contributed by atoms with Gasteiger partial charge in [0, 0.05) is 37.0 Å². The first-order chi connectivity index (χ1) is 11.2. The number of pyridine rings is 1. The Bertz CT molecular complexity index is 820. The lowest BCUT2D eigenvalue weighted by molar-refractivity contribution is 0.485. The van der Waals surface area contributed by atoms with Gasteiger partial charge in [-0.3, -0.25) is 4.40 Å². The number of aromatic nitrogens is 5. The molecular weight excluding hydrogens is 288 g/mol. The summed E-state index contributed by atoms with van der Waals surface area (Å²) in [6.07, 6.45) is 4.31. The van der Waals surface area contributed by atoms with Crippen molar-refractivity contribution in [1.82, 2.24) is 24.6 Å². The molecular formula is C17H20N6. The Hall–Kier alpha value is -2.50. The Labute approximate surface area is 135 Å². The van der Waals surface area contributed by atoms with Crippen molar-refractivity contribution in [3.8, 4) is 0 Å². The number of hydrogen-bond donors (Lipinski definition) is 0. The second-order valence-corrected chi connectivity index (χ2v) is 6.19. The van der Waals surface area contributed by atoms with E-state index < -0.39 is 0 Å². The van der Waals surface area contributed by atoms with Gasteiger partial charge >= 0.3 is 0 Å². The zero-order valence-electron chi connectivity index (χ0n) is 13.5. The lowest BCUT2D eigenvalue weighted by Gasteiger charge is -2.33. The standard InChI is InChI=1S/C17H20N6/c1-12-10-16(19-13(2)18-12)22-8-5-6-14(11-22)17-21-20-15-7-3-4-9-23(15)17/h3-4,7,9-10,14H,5-6,8,11H2,1-2H3/t14-/m0/s1. The number of hydrogen-bond acceptors (Lipinski definition) is 5. The van der Waals surface area contributed by atoms with Crippen LogP contribution in [0.15, 0.2) is 30.5 Å². The van der Waals surface area contributed by atoms with Crippen molar-refractivity contribution in [1.29, 1.82) is 0 Å². The fourth-order valence-electron chi connectivity index (χ4n) is 3.39. The summed E-state index contributed by atoms with van der Waals surface area (Å²) < 4.78 is 2.10. The Kier molecular flexibility index (Phi) is 3.44. The molecule has 1 atom stereocenters. The molecule has 0 saturated carbocycles. The minimum atomic E-state index is 0.372. The van der Waals surface area contributed by atoms with Gasteiger partial charge < -0.3 is 4.90 Å². The van der Waals surface area contributed by atoms with Crippen LogP contribution < -0.4 is 4.90 Å². The largest absolute Gasteiger partial charge is 0.356 e. The molecule has 1 fully saturated rings. The first-order valence-electron chi connectivity index (χ1n) is 8.07. The molecule has 4 rings (SSSR count). The molecule has 0 radical (unpaired) electrons. The predicted octanol–water partition coefficient (Wildman–Crippen LogP) is 2.52. The van der Waals surface area contributed by atoms with Crippen LogP contribution in [0, 0.1) is 13.8 Å². The Morgan fingerprint density at radius 3 is 2.91 bits per heavy atom. The van der Waals surface area contributed by atoms with E-state index in [4.69, 9.17) is 0 Å². The number of fused-ring (bicyclic) bond motifs is 1. The molecule has 118 valence electrons. The van der Waals surface area contributed by atoms with E-state index in [0.29, 0.717) is 5.92 Å². The molecule has 1 aliphatic rings. The smallest absolute Gasteiger partial charge is 0.160 e. The lowest BCUT2D eigenvalue weighted by atomic mass is 9.97. The zero-order chi connectivity index (χ0) is 15.8.